The van der Waals surface area contributed by atoms with Crippen LogP contribution in [0.1, 0.15) is 28.8 Å². The summed E-state index contributed by atoms with van der Waals surface area (Å²) in [6, 6.07) is 16.4. The van der Waals surface area contributed by atoms with Crippen LogP contribution in [-0.2, 0) is 4.79 Å². The van der Waals surface area contributed by atoms with Gasteiger partial charge in [-0.2, -0.15) is 0 Å². The molecule has 24 heavy (non-hydrogen) atoms. The second-order valence-corrected chi connectivity index (χ2v) is 6.24. The fourth-order valence-corrected chi connectivity index (χ4v) is 3.74. The SMILES string of the molecule is C=C1C(C)=CC(c2ccccc2)C12C(=O)Oc1ccccc1C2=O. The smallest absolute Gasteiger partial charge is 0.330 e. The highest BCUT2D eigenvalue weighted by Gasteiger charge is 2.61. The summed E-state index contributed by atoms with van der Waals surface area (Å²) >= 11 is 0. The fraction of sp³-hybridized carbons (Fsp3) is 0.143. The van der Waals surface area contributed by atoms with Gasteiger partial charge in [0.15, 0.2) is 11.2 Å². The molecule has 0 bridgehead atoms. The fourth-order valence-electron chi connectivity index (χ4n) is 3.74. The van der Waals surface area contributed by atoms with Gasteiger partial charge in [-0.05, 0) is 30.2 Å². The number of allylic oxidation sites excluding steroid dienone is 2. The van der Waals surface area contributed by atoms with E-state index in [0.717, 1.165) is 11.1 Å². The number of hydrogen-bond donors (Lipinski definition) is 0. The molecule has 0 fully saturated rings. The zero-order chi connectivity index (χ0) is 16.9. The van der Waals surface area contributed by atoms with E-state index in [0.29, 0.717) is 16.9 Å². The van der Waals surface area contributed by atoms with Crippen molar-refractivity contribution in [2.75, 3.05) is 0 Å². The van der Waals surface area contributed by atoms with Crippen molar-refractivity contribution < 1.29 is 14.3 Å². The maximum Gasteiger partial charge on any atom is 0.330 e. The predicted molar refractivity (Wildman–Crippen MR) is 90.9 cm³/mol. The second kappa shape index (κ2) is 5.03. The molecule has 2 atom stereocenters. The van der Waals surface area contributed by atoms with Gasteiger partial charge in [-0.3, -0.25) is 9.59 Å². The largest absolute Gasteiger partial charge is 0.425 e. The van der Waals surface area contributed by atoms with Gasteiger partial charge in [0.25, 0.3) is 0 Å². The zero-order valence-electron chi connectivity index (χ0n) is 13.3. The predicted octanol–water partition coefficient (Wildman–Crippen LogP) is 4.07. The molecule has 1 spiro atoms. The Morgan fingerprint density at radius 2 is 1.67 bits per heavy atom. The molecule has 0 N–H and O–H groups in total. The van der Waals surface area contributed by atoms with E-state index >= 15 is 0 Å². The minimum atomic E-state index is -1.40. The average Bonchev–Trinajstić information content (AvgIpc) is 2.87. The Bertz CT molecular complexity index is 908. The van der Waals surface area contributed by atoms with Crippen molar-refractivity contribution in [1.29, 1.82) is 0 Å². The normalized spacial score (nSPS) is 25.5. The Morgan fingerprint density at radius 1 is 1.00 bits per heavy atom. The van der Waals surface area contributed by atoms with Gasteiger partial charge >= 0.3 is 5.97 Å². The molecule has 2 aromatic carbocycles. The summed E-state index contributed by atoms with van der Waals surface area (Å²) in [6.07, 6.45) is 1.95. The summed E-state index contributed by atoms with van der Waals surface area (Å²) in [6.45, 7) is 5.95. The number of ketones is 1. The van der Waals surface area contributed by atoms with Crippen molar-refractivity contribution in [3.63, 3.8) is 0 Å². The zero-order valence-corrected chi connectivity index (χ0v) is 13.3. The third kappa shape index (κ3) is 1.72. The highest BCUT2D eigenvalue weighted by atomic mass is 16.5. The van der Waals surface area contributed by atoms with Crippen LogP contribution >= 0.6 is 0 Å². The van der Waals surface area contributed by atoms with Crippen LogP contribution in [0.3, 0.4) is 0 Å². The molecule has 1 heterocycles. The van der Waals surface area contributed by atoms with E-state index in [1.807, 2.05) is 43.3 Å². The van der Waals surface area contributed by atoms with Crippen molar-refractivity contribution in [3.8, 4) is 5.75 Å². The van der Waals surface area contributed by atoms with E-state index in [-0.39, 0.29) is 5.78 Å². The monoisotopic (exact) mass is 316 g/mol. The number of carbonyl (C=O) groups excluding carboxylic acids is 2. The topological polar surface area (TPSA) is 43.4 Å². The lowest BCUT2D eigenvalue weighted by molar-refractivity contribution is -0.142. The summed E-state index contributed by atoms with van der Waals surface area (Å²) in [4.78, 5) is 26.4. The van der Waals surface area contributed by atoms with E-state index in [1.165, 1.54) is 0 Å². The first-order valence-corrected chi connectivity index (χ1v) is 7.86. The van der Waals surface area contributed by atoms with E-state index in [2.05, 4.69) is 6.58 Å². The van der Waals surface area contributed by atoms with Gasteiger partial charge in [0.1, 0.15) is 5.75 Å². The minimum absolute atomic E-state index is 0.235. The number of ether oxygens (including phenoxy) is 1. The molecule has 0 radical (unpaired) electrons. The summed E-state index contributed by atoms with van der Waals surface area (Å²) in [5.74, 6) is -0.860. The number of carbonyl (C=O) groups is 2. The number of rotatable bonds is 1. The standard InChI is InChI=1S/C21H16O3/c1-13-12-17(15-8-4-3-5-9-15)21(14(13)2)19(22)16-10-6-7-11-18(16)24-20(21)23/h3-12,17H,2H2,1H3. The van der Waals surface area contributed by atoms with E-state index < -0.39 is 17.3 Å². The molecule has 118 valence electrons. The molecule has 0 saturated carbocycles. The number of Topliss-reactive ketones (excluding diaryl/α,β-unsaturated/α-hetero) is 1. The van der Waals surface area contributed by atoms with Crippen LogP contribution in [0.15, 0.2) is 78.4 Å². The van der Waals surface area contributed by atoms with Gasteiger partial charge < -0.3 is 4.74 Å². The van der Waals surface area contributed by atoms with Crippen LogP contribution in [0.4, 0.5) is 0 Å². The maximum absolute atomic E-state index is 13.4. The molecular formula is C21H16O3. The first-order valence-electron chi connectivity index (χ1n) is 7.86. The molecule has 0 saturated heterocycles. The summed E-state index contributed by atoms with van der Waals surface area (Å²) in [7, 11) is 0. The molecular weight excluding hydrogens is 300 g/mol. The Balaban J connectivity index is 1.96. The van der Waals surface area contributed by atoms with Gasteiger partial charge in [-0.1, -0.05) is 60.7 Å². The molecule has 1 aliphatic heterocycles. The molecule has 3 heteroatoms. The number of benzene rings is 2. The number of fused-ring (bicyclic) bond motifs is 1. The third-order valence-electron chi connectivity index (χ3n) is 5.01. The van der Waals surface area contributed by atoms with E-state index in [4.69, 9.17) is 4.74 Å². The molecule has 1 aliphatic carbocycles. The Labute approximate surface area is 140 Å². The number of hydrogen-bond acceptors (Lipinski definition) is 3. The lowest BCUT2D eigenvalue weighted by Crippen LogP contribution is -2.48. The van der Waals surface area contributed by atoms with Crippen molar-refractivity contribution in [3.05, 3.63) is 89.5 Å². The van der Waals surface area contributed by atoms with Crippen molar-refractivity contribution in [2.45, 2.75) is 12.8 Å². The van der Waals surface area contributed by atoms with Crippen LogP contribution in [0.25, 0.3) is 0 Å². The molecule has 0 amide bonds. The molecule has 2 aromatic rings. The van der Waals surface area contributed by atoms with Gasteiger partial charge in [-0.25, -0.2) is 0 Å². The Kier molecular flexibility index (Phi) is 3.07. The number of esters is 1. The lowest BCUT2D eigenvalue weighted by Gasteiger charge is -2.37. The third-order valence-corrected chi connectivity index (χ3v) is 5.01. The molecule has 4 rings (SSSR count). The van der Waals surface area contributed by atoms with Gasteiger partial charge in [0, 0.05) is 5.92 Å². The summed E-state index contributed by atoms with van der Waals surface area (Å²) < 4.78 is 5.56. The minimum Gasteiger partial charge on any atom is -0.425 e. The molecule has 2 aliphatic rings. The Hall–Kier alpha value is -2.94. The highest BCUT2D eigenvalue weighted by Crippen LogP contribution is 2.56. The van der Waals surface area contributed by atoms with Crippen molar-refractivity contribution in [2.24, 2.45) is 5.41 Å². The van der Waals surface area contributed by atoms with Gasteiger partial charge in [0.2, 0.25) is 0 Å². The summed E-state index contributed by atoms with van der Waals surface area (Å²) in [5, 5.41) is 0. The maximum atomic E-state index is 13.4. The molecule has 3 nitrogen and oxygen atoms in total. The molecule has 0 aromatic heterocycles. The lowest BCUT2D eigenvalue weighted by atomic mass is 9.65. The van der Waals surface area contributed by atoms with Crippen LogP contribution in [-0.4, -0.2) is 11.8 Å². The summed E-state index contributed by atoms with van der Waals surface area (Å²) in [5.41, 5.74) is 1.32. The van der Waals surface area contributed by atoms with Crippen LogP contribution in [0.2, 0.25) is 0 Å². The van der Waals surface area contributed by atoms with E-state index in [9.17, 15) is 9.59 Å². The number of para-hydroxylation sites is 1. The van der Waals surface area contributed by atoms with Gasteiger partial charge in [0.05, 0.1) is 5.56 Å². The van der Waals surface area contributed by atoms with Crippen molar-refractivity contribution in [1.82, 2.24) is 0 Å². The average molecular weight is 316 g/mol. The van der Waals surface area contributed by atoms with Gasteiger partial charge in [-0.15, -0.1) is 0 Å². The van der Waals surface area contributed by atoms with Crippen LogP contribution in [0.5, 0.6) is 5.75 Å². The van der Waals surface area contributed by atoms with Crippen LogP contribution in [0, 0.1) is 5.41 Å². The highest BCUT2D eigenvalue weighted by molar-refractivity contribution is 6.21. The first-order chi connectivity index (χ1) is 11.6. The quantitative estimate of drug-likeness (QED) is 0.452. The van der Waals surface area contributed by atoms with Crippen molar-refractivity contribution >= 4 is 11.8 Å². The molecule has 2 unspecified atom stereocenters. The Morgan fingerprint density at radius 3 is 2.42 bits per heavy atom. The van der Waals surface area contributed by atoms with E-state index in [1.54, 1.807) is 24.3 Å². The van der Waals surface area contributed by atoms with Crippen LogP contribution < -0.4 is 4.74 Å². The first kappa shape index (κ1) is 14.6. The second-order valence-electron chi connectivity index (χ2n) is 6.24.